The maximum atomic E-state index is 12.7. The average Bonchev–Trinajstić information content (AvgIpc) is 3.06. The molecule has 2 aliphatic rings. The number of rotatable bonds is 3. The summed E-state index contributed by atoms with van der Waals surface area (Å²) < 4.78 is 30.0. The highest BCUT2D eigenvalue weighted by atomic mass is 127. The van der Waals surface area contributed by atoms with E-state index in [2.05, 4.69) is 45.5 Å². The van der Waals surface area contributed by atoms with Crippen molar-refractivity contribution in [3.05, 3.63) is 61.7 Å². The van der Waals surface area contributed by atoms with Gasteiger partial charge in [-0.05, 0) is 95.0 Å². The molecule has 4 rings (SSSR count). The average molecular weight is 471 g/mol. The summed E-state index contributed by atoms with van der Waals surface area (Å²) in [5.74, 6) is 0.280. The van der Waals surface area contributed by atoms with Gasteiger partial charge in [-0.1, -0.05) is 12.1 Å². The van der Waals surface area contributed by atoms with Crippen molar-refractivity contribution < 1.29 is 8.42 Å². The molecule has 1 heterocycles. The van der Waals surface area contributed by atoms with Crippen LogP contribution in [0.4, 0.5) is 0 Å². The minimum Gasteiger partial charge on any atom is -0.282 e. The molecule has 3 nitrogen and oxygen atoms in total. The second-order valence-electron chi connectivity index (χ2n) is 6.44. The van der Waals surface area contributed by atoms with Crippen LogP contribution in [0, 0.1) is 9.49 Å². The van der Waals surface area contributed by atoms with Gasteiger partial charge < -0.3 is 0 Å². The van der Waals surface area contributed by atoms with E-state index >= 15 is 0 Å². The largest absolute Gasteiger partial charge is 0.282 e. The van der Waals surface area contributed by atoms with E-state index in [0.29, 0.717) is 4.21 Å². The Balaban J connectivity index is 1.72. The number of thiophene rings is 1. The molecule has 0 fully saturated rings. The van der Waals surface area contributed by atoms with E-state index in [1.807, 2.05) is 0 Å². The van der Waals surface area contributed by atoms with Crippen LogP contribution in [0.15, 0.2) is 51.2 Å². The SMILES string of the molecule is O=S(=O)(NC1=C2CCCC1Cc1cc(I)ccc1C2)c1cccs1. The van der Waals surface area contributed by atoms with Crippen LogP contribution in [0.5, 0.6) is 0 Å². The summed E-state index contributed by atoms with van der Waals surface area (Å²) in [6, 6.07) is 10.0. The summed E-state index contributed by atoms with van der Waals surface area (Å²) in [6.45, 7) is 0. The summed E-state index contributed by atoms with van der Waals surface area (Å²) in [5, 5.41) is 1.80. The van der Waals surface area contributed by atoms with E-state index in [1.54, 1.807) is 17.5 Å². The molecule has 2 aliphatic carbocycles. The smallest absolute Gasteiger partial charge is 0.271 e. The third-order valence-corrected chi connectivity index (χ3v) is 8.30. The molecule has 0 saturated carbocycles. The Morgan fingerprint density at radius 1 is 1.21 bits per heavy atom. The molecule has 0 radical (unpaired) electrons. The third-order valence-electron chi connectivity index (χ3n) is 4.86. The van der Waals surface area contributed by atoms with Crippen LogP contribution >= 0.6 is 33.9 Å². The van der Waals surface area contributed by atoms with Gasteiger partial charge in [0.05, 0.1) is 0 Å². The van der Waals surface area contributed by atoms with Crippen molar-refractivity contribution in [3.63, 3.8) is 0 Å². The fourth-order valence-corrected chi connectivity index (χ4v) is 6.50. The first-order valence-corrected chi connectivity index (χ1v) is 11.5. The predicted molar refractivity (Wildman–Crippen MR) is 106 cm³/mol. The quantitative estimate of drug-likeness (QED) is 0.671. The monoisotopic (exact) mass is 471 g/mol. The zero-order valence-corrected chi connectivity index (χ0v) is 16.9. The molecule has 1 unspecified atom stereocenters. The fraction of sp³-hybridized carbons (Fsp3) is 0.333. The second kappa shape index (κ2) is 6.46. The molecule has 0 aliphatic heterocycles. The van der Waals surface area contributed by atoms with Crippen LogP contribution in [0.25, 0.3) is 0 Å². The number of sulfonamides is 1. The zero-order valence-electron chi connectivity index (χ0n) is 13.1. The van der Waals surface area contributed by atoms with E-state index in [0.717, 1.165) is 37.8 Å². The number of benzene rings is 1. The Morgan fingerprint density at radius 2 is 2.08 bits per heavy atom. The van der Waals surface area contributed by atoms with Gasteiger partial charge in [-0.2, -0.15) is 0 Å². The molecule has 0 saturated heterocycles. The lowest BCUT2D eigenvalue weighted by atomic mass is 9.85. The Morgan fingerprint density at radius 3 is 2.88 bits per heavy atom. The zero-order chi connectivity index (χ0) is 16.7. The first-order valence-electron chi connectivity index (χ1n) is 8.08. The summed E-state index contributed by atoms with van der Waals surface area (Å²) in [6.07, 6.45) is 4.99. The van der Waals surface area contributed by atoms with Gasteiger partial charge in [0.1, 0.15) is 4.21 Å². The lowest BCUT2D eigenvalue weighted by Crippen LogP contribution is -2.30. The molecule has 1 N–H and O–H groups in total. The maximum Gasteiger partial charge on any atom is 0.271 e. The summed E-state index contributed by atoms with van der Waals surface area (Å²) in [4.78, 5) is 0. The second-order valence-corrected chi connectivity index (χ2v) is 10.5. The van der Waals surface area contributed by atoms with Crippen molar-refractivity contribution in [3.8, 4) is 0 Å². The van der Waals surface area contributed by atoms with E-state index in [-0.39, 0.29) is 5.92 Å². The van der Waals surface area contributed by atoms with Gasteiger partial charge in [-0.15, -0.1) is 11.3 Å². The third kappa shape index (κ3) is 3.15. The lowest BCUT2D eigenvalue weighted by Gasteiger charge is -2.27. The van der Waals surface area contributed by atoms with Crippen molar-refractivity contribution in [2.24, 2.45) is 5.92 Å². The van der Waals surface area contributed by atoms with Crippen LogP contribution in [-0.2, 0) is 22.9 Å². The molecule has 2 bridgehead atoms. The Kier molecular flexibility index (Phi) is 4.47. The first-order chi connectivity index (χ1) is 11.5. The molecule has 1 atom stereocenters. The van der Waals surface area contributed by atoms with Crippen LogP contribution in [0.1, 0.15) is 30.4 Å². The van der Waals surface area contributed by atoms with Crippen molar-refractivity contribution in [1.29, 1.82) is 0 Å². The van der Waals surface area contributed by atoms with Gasteiger partial charge in [0.25, 0.3) is 10.0 Å². The maximum absolute atomic E-state index is 12.7. The highest BCUT2D eigenvalue weighted by molar-refractivity contribution is 14.1. The molecule has 6 heteroatoms. The molecule has 24 heavy (non-hydrogen) atoms. The number of fused-ring (bicyclic) bond motifs is 2. The number of hydrogen-bond donors (Lipinski definition) is 1. The first kappa shape index (κ1) is 16.6. The molecule has 1 aromatic heterocycles. The van der Waals surface area contributed by atoms with Gasteiger partial charge in [0.2, 0.25) is 0 Å². The predicted octanol–water partition coefficient (Wildman–Crippen LogP) is 4.48. The van der Waals surface area contributed by atoms with Crippen molar-refractivity contribution >= 4 is 44.0 Å². The van der Waals surface area contributed by atoms with Gasteiger partial charge in [0.15, 0.2) is 0 Å². The van der Waals surface area contributed by atoms with Crippen LogP contribution in [0.3, 0.4) is 0 Å². The topological polar surface area (TPSA) is 46.2 Å². The summed E-state index contributed by atoms with van der Waals surface area (Å²) in [7, 11) is -3.46. The molecule has 2 aromatic rings. The van der Waals surface area contributed by atoms with Gasteiger partial charge >= 0.3 is 0 Å². The highest BCUT2D eigenvalue weighted by Crippen LogP contribution is 2.38. The van der Waals surface area contributed by atoms with Crippen molar-refractivity contribution in [2.45, 2.75) is 36.3 Å². The molecule has 0 spiro atoms. The standard InChI is InChI=1S/C18H18INO2S2/c19-16-7-6-12-9-13-3-1-4-14(10-15(12)11-16)18(13)20-24(21,22)17-5-2-8-23-17/h2,5-8,11,14,20H,1,3-4,9-10H2. The summed E-state index contributed by atoms with van der Waals surface area (Å²) in [5.41, 5.74) is 4.95. The fourth-order valence-electron chi connectivity index (χ4n) is 3.74. The molecule has 1 aromatic carbocycles. The number of hydrogen-bond acceptors (Lipinski definition) is 3. The lowest BCUT2D eigenvalue weighted by molar-refractivity contribution is 0.479. The number of allylic oxidation sites excluding steroid dienone is 2. The van der Waals surface area contributed by atoms with Crippen LogP contribution < -0.4 is 4.72 Å². The molecule has 126 valence electrons. The van der Waals surface area contributed by atoms with E-state index in [9.17, 15) is 8.42 Å². The molecular weight excluding hydrogens is 453 g/mol. The van der Waals surface area contributed by atoms with Crippen LogP contribution in [-0.4, -0.2) is 8.42 Å². The van der Waals surface area contributed by atoms with Crippen molar-refractivity contribution in [2.75, 3.05) is 0 Å². The highest BCUT2D eigenvalue weighted by Gasteiger charge is 2.31. The Hall–Kier alpha value is -0.860. The minimum absolute atomic E-state index is 0.280. The van der Waals surface area contributed by atoms with Crippen LogP contribution in [0.2, 0.25) is 0 Å². The van der Waals surface area contributed by atoms with Crippen molar-refractivity contribution in [1.82, 2.24) is 4.72 Å². The molecular formula is C18H18INO2S2. The van der Waals surface area contributed by atoms with E-state index in [1.165, 1.54) is 31.6 Å². The minimum atomic E-state index is -3.46. The van der Waals surface area contributed by atoms with E-state index < -0.39 is 10.0 Å². The summed E-state index contributed by atoms with van der Waals surface area (Å²) >= 11 is 3.62. The van der Waals surface area contributed by atoms with Gasteiger partial charge in [-0.25, -0.2) is 8.42 Å². The van der Waals surface area contributed by atoms with E-state index in [4.69, 9.17) is 0 Å². The number of halogens is 1. The molecule has 0 amide bonds. The van der Waals surface area contributed by atoms with Gasteiger partial charge in [0, 0.05) is 15.2 Å². The van der Waals surface area contributed by atoms with Gasteiger partial charge in [-0.3, -0.25) is 4.72 Å². The Labute approximate surface area is 160 Å². The Bertz CT molecular complexity index is 901. The normalized spacial score (nSPS) is 20.5. The number of nitrogens with one attached hydrogen (secondary N) is 1.